The fourth-order valence-electron chi connectivity index (χ4n) is 9.48. The molecule has 0 amide bonds. The summed E-state index contributed by atoms with van der Waals surface area (Å²) in [6.45, 7) is 9.75. The SMILES string of the molecule is C=C1C(=O)[C@]23[C@H](O)[C@H]1C[C@H](O)[C@H]2[C@]12CCCC(C)(C)[C@H]1C[C@H]3O[C@@H]2OCCCn1cc(CSc2nnnn2C)nn1. The standard InChI is InChI=1S/C28H39N7O5S/c1-15-17-11-18(36)21-27-8-5-7-26(2,3)19(27)12-20(28(21,22(15)37)23(17)38)40-24(27)39-10-6-9-35-13-16(29-32-35)14-41-25-30-31-33-34(25)4/h13,17-21,23-24,36,38H,1,5-12,14H2,2-4H3/t17-,18-,19+,20+,21-,23+,24-,27-,28+/m0/s1. The van der Waals surface area contributed by atoms with Crippen LogP contribution in [0.15, 0.2) is 23.5 Å². The lowest BCUT2D eigenvalue weighted by molar-refractivity contribution is -0.402. The Hall–Kier alpha value is -2.19. The van der Waals surface area contributed by atoms with Gasteiger partial charge in [0.15, 0.2) is 12.1 Å². The van der Waals surface area contributed by atoms with E-state index in [0.29, 0.717) is 43.7 Å². The van der Waals surface area contributed by atoms with Crippen molar-refractivity contribution in [3.63, 3.8) is 0 Å². The van der Waals surface area contributed by atoms with E-state index in [4.69, 9.17) is 9.47 Å². The third-order valence-corrected chi connectivity index (χ3v) is 12.1. The molecule has 41 heavy (non-hydrogen) atoms. The number of aliphatic hydroxyl groups is 2. The van der Waals surface area contributed by atoms with E-state index in [1.54, 1.807) is 11.7 Å². The molecule has 6 aliphatic rings. The van der Waals surface area contributed by atoms with Gasteiger partial charge in [-0.1, -0.05) is 43.8 Å². The van der Waals surface area contributed by atoms with E-state index in [9.17, 15) is 15.0 Å². The van der Waals surface area contributed by atoms with Crippen LogP contribution in [-0.4, -0.2) is 82.4 Å². The van der Waals surface area contributed by atoms with Gasteiger partial charge in [0, 0.05) is 42.8 Å². The number of hydrogen-bond acceptors (Lipinski definition) is 11. The first-order chi connectivity index (χ1) is 19.6. The fraction of sp³-hybridized carbons (Fsp3) is 0.786. The molecule has 2 aromatic rings. The van der Waals surface area contributed by atoms with Gasteiger partial charge in [0.2, 0.25) is 5.16 Å². The molecule has 9 atom stereocenters. The van der Waals surface area contributed by atoms with Crippen LogP contribution >= 0.6 is 11.8 Å². The number of tetrazole rings is 1. The van der Waals surface area contributed by atoms with E-state index in [1.165, 1.54) is 11.8 Å². The van der Waals surface area contributed by atoms with Crippen LogP contribution in [0.2, 0.25) is 0 Å². The molecule has 0 unspecified atom stereocenters. The number of aliphatic hydroxyl groups excluding tert-OH is 2. The van der Waals surface area contributed by atoms with Gasteiger partial charge in [-0.2, -0.15) is 0 Å². The summed E-state index contributed by atoms with van der Waals surface area (Å²) in [5, 5.41) is 44.0. The summed E-state index contributed by atoms with van der Waals surface area (Å²) in [4.78, 5) is 13.9. The predicted octanol–water partition coefficient (Wildman–Crippen LogP) is 1.93. The largest absolute Gasteiger partial charge is 0.393 e. The van der Waals surface area contributed by atoms with Crippen LogP contribution in [0.1, 0.15) is 58.1 Å². The number of fused-ring (bicyclic) bond motifs is 2. The fourth-order valence-corrected chi connectivity index (χ4v) is 10.2. The summed E-state index contributed by atoms with van der Waals surface area (Å²) >= 11 is 1.50. The smallest absolute Gasteiger partial charge is 0.209 e. The van der Waals surface area contributed by atoms with Crippen LogP contribution in [-0.2, 0) is 33.6 Å². The number of carbonyl (C=O) groups excluding carboxylic acids is 1. The van der Waals surface area contributed by atoms with Crippen molar-refractivity contribution >= 4 is 17.5 Å². The molecule has 2 N–H and O–H groups in total. The summed E-state index contributed by atoms with van der Waals surface area (Å²) in [6, 6.07) is 0. The Morgan fingerprint density at radius 2 is 2.05 bits per heavy atom. The van der Waals surface area contributed by atoms with Crippen molar-refractivity contribution in [3.05, 3.63) is 24.0 Å². The molecule has 4 bridgehead atoms. The molecule has 12 nitrogen and oxygen atoms in total. The molecule has 222 valence electrons. The zero-order valence-corrected chi connectivity index (χ0v) is 24.7. The van der Waals surface area contributed by atoms with Crippen molar-refractivity contribution in [2.45, 2.75) is 94.4 Å². The molecule has 8 rings (SSSR count). The first-order valence-corrected chi connectivity index (χ1v) is 15.7. The van der Waals surface area contributed by atoms with Crippen molar-refractivity contribution in [2.24, 2.45) is 41.0 Å². The van der Waals surface area contributed by atoms with Gasteiger partial charge in [-0.05, 0) is 59.4 Å². The van der Waals surface area contributed by atoms with Gasteiger partial charge >= 0.3 is 0 Å². The second-order valence-corrected chi connectivity index (χ2v) is 14.3. The maximum Gasteiger partial charge on any atom is 0.209 e. The van der Waals surface area contributed by atoms with Crippen LogP contribution in [0, 0.1) is 34.0 Å². The van der Waals surface area contributed by atoms with Crippen molar-refractivity contribution in [1.29, 1.82) is 0 Å². The first-order valence-electron chi connectivity index (χ1n) is 14.7. The van der Waals surface area contributed by atoms with Crippen LogP contribution in [0.5, 0.6) is 0 Å². The summed E-state index contributed by atoms with van der Waals surface area (Å²) < 4.78 is 16.7. The molecular weight excluding hydrogens is 546 g/mol. The third kappa shape index (κ3) is 3.81. The highest BCUT2D eigenvalue weighted by atomic mass is 32.2. The zero-order valence-electron chi connectivity index (χ0n) is 23.8. The second kappa shape index (κ2) is 9.66. The average molecular weight is 586 g/mol. The lowest BCUT2D eigenvalue weighted by Crippen LogP contribution is -2.78. The first kappa shape index (κ1) is 27.6. The van der Waals surface area contributed by atoms with Crippen LogP contribution < -0.4 is 0 Å². The number of Topliss-reactive ketones (excluding diaryl/α,β-unsaturated/α-hetero) is 1. The van der Waals surface area contributed by atoms with Gasteiger partial charge in [0.1, 0.15) is 0 Å². The molecule has 13 heteroatoms. The molecule has 6 fully saturated rings. The quantitative estimate of drug-likeness (QED) is 0.266. The molecule has 2 aromatic heterocycles. The topological polar surface area (TPSA) is 150 Å². The average Bonchev–Trinajstić information content (AvgIpc) is 3.60. The Kier molecular flexibility index (Phi) is 6.51. The number of nitrogens with zero attached hydrogens (tertiary/aromatic N) is 7. The highest BCUT2D eigenvalue weighted by molar-refractivity contribution is 7.98. The van der Waals surface area contributed by atoms with E-state index >= 15 is 0 Å². The molecular formula is C28H39N7O5S. The van der Waals surface area contributed by atoms with E-state index in [0.717, 1.165) is 30.1 Å². The van der Waals surface area contributed by atoms with Crippen molar-refractivity contribution < 1.29 is 24.5 Å². The Morgan fingerprint density at radius 3 is 2.83 bits per heavy atom. The van der Waals surface area contributed by atoms with Gasteiger partial charge in [0.25, 0.3) is 0 Å². The second-order valence-electron chi connectivity index (χ2n) is 13.4. The number of thioether (sulfide) groups is 1. The molecule has 4 aliphatic carbocycles. The maximum atomic E-state index is 13.9. The van der Waals surface area contributed by atoms with E-state index in [-0.39, 0.29) is 17.1 Å². The van der Waals surface area contributed by atoms with Gasteiger partial charge < -0.3 is 19.7 Å². The van der Waals surface area contributed by atoms with Gasteiger partial charge in [-0.25, -0.2) is 4.68 Å². The predicted molar refractivity (Wildman–Crippen MR) is 146 cm³/mol. The highest BCUT2D eigenvalue weighted by Crippen LogP contribution is 2.75. The zero-order chi connectivity index (χ0) is 28.7. The molecule has 2 aliphatic heterocycles. The molecule has 0 aromatic carbocycles. The number of rotatable bonds is 8. The summed E-state index contributed by atoms with van der Waals surface area (Å²) in [6.07, 6.45) is 3.95. The summed E-state index contributed by atoms with van der Waals surface area (Å²) in [5.74, 6) is -0.0648. The van der Waals surface area contributed by atoms with Gasteiger partial charge in [-0.15, -0.1) is 10.2 Å². The monoisotopic (exact) mass is 585 g/mol. The maximum absolute atomic E-state index is 13.9. The number of aromatic nitrogens is 7. The lowest BCUT2D eigenvalue weighted by atomic mass is 9.37. The Balaban J connectivity index is 1.07. The van der Waals surface area contributed by atoms with E-state index in [1.807, 2.05) is 10.9 Å². The van der Waals surface area contributed by atoms with E-state index in [2.05, 4.69) is 46.3 Å². The van der Waals surface area contributed by atoms with Crippen molar-refractivity contribution in [2.75, 3.05) is 6.61 Å². The van der Waals surface area contributed by atoms with Crippen molar-refractivity contribution in [3.8, 4) is 0 Å². The highest BCUT2D eigenvalue weighted by Gasteiger charge is 2.81. The Morgan fingerprint density at radius 1 is 1.22 bits per heavy atom. The number of ether oxygens (including phenoxy) is 2. The summed E-state index contributed by atoms with van der Waals surface area (Å²) in [5.41, 5.74) is -0.364. The van der Waals surface area contributed by atoms with Crippen molar-refractivity contribution in [1.82, 2.24) is 35.2 Å². The lowest BCUT2D eigenvalue weighted by Gasteiger charge is -2.72. The number of hydrogen-bond donors (Lipinski definition) is 2. The Bertz CT molecular complexity index is 1360. The molecule has 0 radical (unpaired) electrons. The third-order valence-electron chi connectivity index (χ3n) is 11.0. The summed E-state index contributed by atoms with van der Waals surface area (Å²) in [7, 11) is 1.80. The van der Waals surface area contributed by atoms with Crippen LogP contribution in [0.4, 0.5) is 0 Å². The minimum atomic E-state index is -1.13. The minimum absolute atomic E-state index is 0.0138. The molecule has 2 spiro atoms. The number of ketones is 1. The minimum Gasteiger partial charge on any atom is -0.393 e. The molecule has 2 saturated heterocycles. The normalized spacial score (nSPS) is 40.6. The number of carbonyl (C=O) groups is 1. The molecule has 4 saturated carbocycles. The number of aryl methyl sites for hydroxylation is 2. The van der Waals surface area contributed by atoms with Gasteiger partial charge in [-0.3, -0.25) is 9.48 Å². The van der Waals surface area contributed by atoms with Gasteiger partial charge in [0.05, 0.1) is 36.0 Å². The van der Waals surface area contributed by atoms with Crippen LogP contribution in [0.3, 0.4) is 0 Å². The molecule has 4 heterocycles. The van der Waals surface area contributed by atoms with Crippen LogP contribution in [0.25, 0.3) is 0 Å². The van der Waals surface area contributed by atoms with E-state index < -0.39 is 47.3 Å². The Labute approximate surface area is 243 Å².